The third-order valence-corrected chi connectivity index (χ3v) is 9.20. The Bertz CT molecular complexity index is 644. The van der Waals surface area contributed by atoms with E-state index in [0.29, 0.717) is 0 Å². The summed E-state index contributed by atoms with van der Waals surface area (Å²) in [5.41, 5.74) is 0. The van der Waals surface area contributed by atoms with Crippen molar-refractivity contribution in [1.29, 1.82) is 0 Å². The number of aliphatic hydroxyl groups is 1. The van der Waals surface area contributed by atoms with E-state index in [1.807, 2.05) is 0 Å². The van der Waals surface area contributed by atoms with Gasteiger partial charge in [0.2, 0.25) is 0 Å². The number of hydrogen-bond donors (Lipinski definition) is 1. The monoisotopic (exact) mass is 335 g/mol. The lowest BCUT2D eigenvalue weighted by atomic mass is 10.2. The standard InChI is InChI=1S/C22H24OP/c1-19(17-23)18-24(20-11-5-2-6-12-20,21-13-7-3-8-14-21)22-15-9-4-10-16-22/h2-16,19,23H,17-18H2,1H3/q+1/t19-/m0/s1. The molecule has 0 aromatic heterocycles. The summed E-state index contributed by atoms with van der Waals surface area (Å²) in [5, 5.41) is 13.9. The minimum atomic E-state index is -1.79. The van der Waals surface area contributed by atoms with Crippen LogP contribution < -0.4 is 15.9 Å². The SMILES string of the molecule is C[C@@H](CO)C[P+](c1ccccc1)(c1ccccc1)c1ccccc1. The molecule has 0 unspecified atom stereocenters. The highest BCUT2D eigenvalue weighted by Crippen LogP contribution is 2.56. The van der Waals surface area contributed by atoms with Crippen LogP contribution in [0, 0.1) is 5.92 Å². The third-order valence-electron chi connectivity index (χ3n) is 4.49. The van der Waals surface area contributed by atoms with Gasteiger partial charge < -0.3 is 5.11 Å². The van der Waals surface area contributed by atoms with Crippen LogP contribution in [0.3, 0.4) is 0 Å². The van der Waals surface area contributed by atoms with Crippen molar-refractivity contribution in [3.8, 4) is 0 Å². The fourth-order valence-electron chi connectivity index (χ4n) is 3.34. The highest BCUT2D eigenvalue weighted by atomic mass is 31.2. The summed E-state index contributed by atoms with van der Waals surface area (Å²) in [6.07, 6.45) is 0.974. The maximum Gasteiger partial charge on any atom is 0.112 e. The summed E-state index contributed by atoms with van der Waals surface area (Å²) in [7, 11) is -1.79. The molecule has 122 valence electrons. The topological polar surface area (TPSA) is 20.2 Å². The van der Waals surface area contributed by atoms with Crippen LogP contribution in [0.2, 0.25) is 0 Å². The van der Waals surface area contributed by atoms with E-state index in [4.69, 9.17) is 0 Å². The lowest BCUT2D eigenvalue weighted by Crippen LogP contribution is -2.35. The molecule has 0 spiro atoms. The van der Waals surface area contributed by atoms with E-state index in [-0.39, 0.29) is 12.5 Å². The molecule has 0 aliphatic rings. The summed E-state index contributed by atoms with van der Waals surface area (Å²) in [4.78, 5) is 0. The first-order valence-electron chi connectivity index (χ1n) is 8.43. The van der Waals surface area contributed by atoms with Crippen molar-refractivity contribution < 1.29 is 5.11 Å². The summed E-state index contributed by atoms with van der Waals surface area (Å²) >= 11 is 0. The number of aliphatic hydroxyl groups excluding tert-OH is 1. The second kappa shape index (κ2) is 7.75. The van der Waals surface area contributed by atoms with Gasteiger partial charge in [0, 0.05) is 12.5 Å². The molecule has 24 heavy (non-hydrogen) atoms. The van der Waals surface area contributed by atoms with E-state index >= 15 is 0 Å². The van der Waals surface area contributed by atoms with Crippen LogP contribution in [0.5, 0.6) is 0 Å². The fourth-order valence-corrected chi connectivity index (χ4v) is 7.96. The maximum atomic E-state index is 9.76. The molecule has 2 heteroatoms. The van der Waals surface area contributed by atoms with E-state index < -0.39 is 7.26 Å². The molecule has 3 aromatic rings. The molecule has 0 amide bonds. The van der Waals surface area contributed by atoms with Crippen molar-refractivity contribution in [3.05, 3.63) is 91.0 Å². The molecule has 0 fully saturated rings. The van der Waals surface area contributed by atoms with Gasteiger partial charge in [0.25, 0.3) is 0 Å². The quantitative estimate of drug-likeness (QED) is 0.682. The summed E-state index contributed by atoms with van der Waals surface area (Å²) in [6, 6.07) is 32.5. The molecule has 1 atom stereocenters. The average Bonchev–Trinajstić information content (AvgIpc) is 2.68. The molecule has 0 saturated heterocycles. The van der Waals surface area contributed by atoms with Crippen LogP contribution in [0.1, 0.15) is 6.92 Å². The normalized spacial score (nSPS) is 12.8. The van der Waals surface area contributed by atoms with Gasteiger partial charge in [-0.1, -0.05) is 61.5 Å². The second-order valence-electron chi connectivity index (χ2n) is 6.29. The minimum absolute atomic E-state index is 0.217. The van der Waals surface area contributed by atoms with Crippen LogP contribution in [0.25, 0.3) is 0 Å². The van der Waals surface area contributed by atoms with E-state index in [0.717, 1.165) is 6.16 Å². The van der Waals surface area contributed by atoms with E-state index in [9.17, 15) is 5.11 Å². The van der Waals surface area contributed by atoms with Crippen LogP contribution in [-0.4, -0.2) is 17.9 Å². The van der Waals surface area contributed by atoms with Crippen molar-refractivity contribution in [2.24, 2.45) is 5.92 Å². The van der Waals surface area contributed by atoms with E-state index in [1.54, 1.807) is 0 Å². The maximum absolute atomic E-state index is 9.76. The van der Waals surface area contributed by atoms with E-state index in [2.05, 4.69) is 97.9 Å². The molecule has 1 N–H and O–H groups in total. The van der Waals surface area contributed by atoms with Gasteiger partial charge >= 0.3 is 0 Å². The zero-order valence-corrected chi connectivity index (χ0v) is 14.9. The van der Waals surface area contributed by atoms with Crippen LogP contribution in [-0.2, 0) is 0 Å². The van der Waals surface area contributed by atoms with Gasteiger partial charge in [-0.05, 0) is 36.4 Å². The van der Waals surface area contributed by atoms with Gasteiger partial charge in [-0.15, -0.1) is 0 Å². The third kappa shape index (κ3) is 3.29. The first-order valence-corrected chi connectivity index (χ1v) is 10.4. The molecule has 3 rings (SSSR count). The van der Waals surface area contributed by atoms with Gasteiger partial charge in [-0.3, -0.25) is 0 Å². The summed E-state index contributed by atoms with van der Waals surface area (Å²) < 4.78 is 0. The molecule has 0 radical (unpaired) electrons. The summed E-state index contributed by atoms with van der Waals surface area (Å²) in [6.45, 7) is 2.36. The molecule has 0 aliphatic heterocycles. The van der Waals surface area contributed by atoms with Crippen molar-refractivity contribution in [2.45, 2.75) is 6.92 Å². The van der Waals surface area contributed by atoms with Gasteiger partial charge in [-0.2, -0.15) is 0 Å². The predicted molar refractivity (Wildman–Crippen MR) is 106 cm³/mol. The smallest absolute Gasteiger partial charge is 0.112 e. The molecule has 0 saturated carbocycles. The molecule has 0 bridgehead atoms. The number of hydrogen-bond acceptors (Lipinski definition) is 1. The number of benzene rings is 3. The second-order valence-corrected chi connectivity index (χ2v) is 9.82. The van der Waals surface area contributed by atoms with Crippen molar-refractivity contribution in [3.63, 3.8) is 0 Å². The van der Waals surface area contributed by atoms with Gasteiger partial charge in [-0.25, -0.2) is 0 Å². The molecular formula is C22H24OP+. The molecule has 3 aromatic carbocycles. The van der Waals surface area contributed by atoms with Crippen molar-refractivity contribution in [2.75, 3.05) is 12.8 Å². The Morgan fingerprint density at radius 3 is 1.29 bits per heavy atom. The number of rotatable bonds is 6. The van der Waals surface area contributed by atoms with Crippen molar-refractivity contribution >= 4 is 23.2 Å². The van der Waals surface area contributed by atoms with Gasteiger partial charge in [0.1, 0.15) is 23.2 Å². The molecule has 0 heterocycles. The highest BCUT2D eigenvalue weighted by Gasteiger charge is 2.45. The van der Waals surface area contributed by atoms with Crippen LogP contribution in [0.4, 0.5) is 0 Å². The van der Waals surface area contributed by atoms with E-state index in [1.165, 1.54) is 15.9 Å². The van der Waals surface area contributed by atoms with Crippen LogP contribution >= 0.6 is 7.26 Å². The Labute approximate surface area is 145 Å². The zero-order valence-electron chi connectivity index (χ0n) is 14.0. The Balaban J connectivity index is 2.28. The largest absolute Gasteiger partial charge is 0.396 e. The molecular weight excluding hydrogens is 311 g/mol. The van der Waals surface area contributed by atoms with Gasteiger partial charge in [0.05, 0.1) is 6.16 Å². The first kappa shape index (κ1) is 16.9. The molecule has 0 aliphatic carbocycles. The molecule has 1 nitrogen and oxygen atoms in total. The first-order chi connectivity index (χ1) is 11.8. The predicted octanol–water partition coefficient (Wildman–Crippen LogP) is 3.61. The Kier molecular flexibility index (Phi) is 5.45. The average molecular weight is 335 g/mol. The van der Waals surface area contributed by atoms with Crippen LogP contribution in [0.15, 0.2) is 91.0 Å². The highest BCUT2D eigenvalue weighted by molar-refractivity contribution is 7.95. The fraction of sp³-hybridized carbons (Fsp3) is 0.182. The van der Waals surface area contributed by atoms with Gasteiger partial charge in [0.15, 0.2) is 0 Å². The summed E-state index contributed by atoms with van der Waals surface area (Å²) in [5.74, 6) is 0.249. The minimum Gasteiger partial charge on any atom is -0.396 e. The Morgan fingerprint density at radius 1 is 0.667 bits per heavy atom. The lowest BCUT2D eigenvalue weighted by Gasteiger charge is -2.29. The Morgan fingerprint density at radius 2 is 1.00 bits per heavy atom. The van der Waals surface area contributed by atoms with Crippen molar-refractivity contribution in [1.82, 2.24) is 0 Å². The Hall–Kier alpha value is -1.95. The lowest BCUT2D eigenvalue weighted by molar-refractivity contribution is 0.250. The zero-order chi connectivity index (χ0) is 16.8.